The van der Waals surface area contributed by atoms with E-state index in [4.69, 9.17) is 9.47 Å². The van der Waals surface area contributed by atoms with Crippen molar-refractivity contribution < 1.29 is 57.7 Å². The molecule has 5 aromatic heterocycles. The number of ketones is 3. The number of nitrogens with zero attached hydrogens (tertiary/aromatic N) is 8. The number of para-hydroxylation sites is 3. The Hall–Kier alpha value is -14.7. The molecule has 5 N–H and O–H groups in total. The number of Topliss-reactive ketones (excluding diaryl/α,β-unsaturated/α-hetero) is 3. The number of aryl methyl sites for hydroxylation is 4. The van der Waals surface area contributed by atoms with E-state index in [1.807, 2.05) is 164 Å². The van der Waals surface area contributed by atoms with Gasteiger partial charge in [0.15, 0.2) is 6.10 Å². The number of fused-ring (bicyclic) bond motifs is 2. The highest BCUT2D eigenvalue weighted by atomic mass is 16.5. The predicted octanol–water partition coefficient (Wildman–Crippen LogP) is 18.6. The average molecular weight is 1910 g/mol. The second kappa shape index (κ2) is 49.2. The van der Waals surface area contributed by atoms with Crippen LogP contribution >= 0.6 is 0 Å². The first kappa shape index (κ1) is 105. The number of morpholine rings is 1. The van der Waals surface area contributed by atoms with E-state index in [0.717, 1.165) is 103 Å². The summed E-state index contributed by atoms with van der Waals surface area (Å²) in [5, 5.41) is 22.0. The average Bonchev–Trinajstić information content (AvgIpc) is 1.54. The Labute approximate surface area is 824 Å². The number of carbonyl (C=O) groups is 9. The highest BCUT2D eigenvalue weighted by Gasteiger charge is 2.36. The van der Waals surface area contributed by atoms with E-state index in [1.165, 1.54) is 51.8 Å². The smallest absolute Gasteiger partial charge is 0.305 e. The topological polar surface area (TPSA) is 352 Å². The second-order valence-corrected chi connectivity index (χ2v) is 38.4. The van der Waals surface area contributed by atoms with Crippen LogP contribution in [0.3, 0.4) is 0 Å². The molecule has 5 amide bonds. The summed E-state index contributed by atoms with van der Waals surface area (Å²) in [4.78, 5) is 170. The summed E-state index contributed by atoms with van der Waals surface area (Å²) in [6, 6.07) is 60.0. The van der Waals surface area contributed by atoms with Crippen LogP contribution in [0.5, 0.6) is 5.75 Å². The van der Waals surface area contributed by atoms with Crippen LogP contribution in [-0.2, 0) is 47.9 Å². The lowest BCUT2D eigenvalue weighted by atomic mass is 9.94. The zero-order valence-corrected chi connectivity index (χ0v) is 83.1. The number of ether oxygens (including phenoxy) is 2. The van der Waals surface area contributed by atoms with Gasteiger partial charge < -0.3 is 49.9 Å². The van der Waals surface area contributed by atoms with Gasteiger partial charge in [0.1, 0.15) is 47.8 Å². The predicted molar refractivity (Wildman–Crippen MR) is 550 cm³/mol. The van der Waals surface area contributed by atoms with E-state index in [1.54, 1.807) is 105 Å². The third kappa shape index (κ3) is 28.5. The van der Waals surface area contributed by atoms with Gasteiger partial charge in [-0.05, 0) is 257 Å². The summed E-state index contributed by atoms with van der Waals surface area (Å²) in [5.74, 6) is -1.22. The van der Waals surface area contributed by atoms with E-state index >= 15 is 0 Å². The van der Waals surface area contributed by atoms with Crippen LogP contribution in [0.25, 0.3) is 44.3 Å². The first-order valence-corrected chi connectivity index (χ1v) is 48.4. The zero-order valence-electron chi connectivity index (χ0n) is 83.1. The van der Waals surface area contributed by atoms with Crippen LogP contribution in [0.4, 0.5) is 11.4 Å². The number of carboxylic acids is 1. The van der Waals surface area contributed by atoms with Gasteiger partial charge in [-0.3, -0.25) is 77.0 Å². The lowest BCUT2D eigenvalue weighted by molar-refractivity contribution is -0.138. The Morgan fingerprint density at radius 3 is 1.48 bits per heavy atom. The fourth-order valence-corrected chi connectivity index (χ4v) is 18.2. The maximum absolute atomic E-state index is 13.7. The number of hydrogen-bond donors (Lipinski definition) is 5. The van der Waals surface area contributed by atoms with Crippen LogP contribution in [0, 0.1) is 45.4 Å². The van der Waals surface area contributed by atoms with E-state index in [9.17, 15) is 62.6 Å². The molecule has 1 saturated heterocycles. The summed E-state index contributed by atoms with van der Waals surface area (Å²) in [5.41, 5.74) is 16.2. The number of aromatic nitrogens is 6. The summed E-state index contributed by atoms with van der Waals surface area (Å²) in [7, 11) is 0. The van der Waals surface area contributed by atoms with Crippen molar-refractivity contribution in [2.45, 2.75) is 222 Å². The van der Waals surface area contributed by atoms with Crippen molar-refractivity contribution in [3.63, 3.8) is 0 Å². The molecule has 736 valence electrons. The van der Waals surface area contributed by atoms with Crippen LogP contribution in [0.15, 0.2) is 264 Å². The number of aliphatic carboxylic acids is 1. The number of benzene rings is 7. The molecule has 9 atom stereocenters. The normalized spacial score (nSPS) is 15.3. The van der Waals surface area contributed by atoms with Gasteiger partial charge in [0.2, 0.25) is 23.6 Å². The lowest BCUT2D eigenvalue weighted by Crippen LogP contribution is -2.49. The monoisotopic (exact) mass is 1910 g/mol. The van der Waals surface area contributed by atoms with Gasteiger partial charge in [0, 0.05) is 80.5 Å². The molecule has 2 aliphatic heterocycles. The summed E-state index contributed by atoms with van der Waals surface area (Å²) >= 11 is 0. The minimum atomic E-state index is -1.03. The van der Waals surface area contributed by atoms with Crippen molar-refractivity contribution in [2.75, 3.05) is 36.1 Å². The fraction of sp³-hybridized carbons (Fsp3) is 0.360. The number of rotatable bonds is 35. The van der Waals surface area contributed by atoms with Crippen molar-refractivity contribution in [1.82, 2.24) is 49.9 Å². The standard InChI is InChI=1S/C31H37N3O3.C28H35N5O4.C28H32N2O3.C27H26N2O5/c1-19(2)13-28(34-12-11-24(16-29(34)36)23-9-10-23)31(37)33-27(14-22(5)35)25-15-26(18-32-17-25)30-20(3)7-6-8-21(30)4;1-18(2)11-26(33-17-30-24-8-6-5-7-23(24)28(33)36)27(35)31-25(12-20(4)34)21-13-22(15-29-14-21)32-9-10-37-16-19(32)3;1-19(2)16-26(30-15-8-7-14-27(30)32)28(33)29-25(17-21(4)31)23-12-9-11-22(18-23)24-13-6-5-10-20(24)3;1-17-8-3-4-11-21(17)19-9-7-10-20(14-19)22(15-26(31)32)28-25(30)16-29-23-12-5-6-13-24(23)34-18(2)27(29)33/h6-8,11-12,15-19,23,27-28H,9-10,13-14H2,1-5H3,(H,33,37);5-8,13-15,17-19,25-26H,9-12,16H2,1-4H3,(H,31,35);5-15,18-19,25-26H,16-17H2,1-4H3,(H,29,33);3-14,18,22H,15-16H2,1-2H3,(H,28,30)(H,31,32)/t27-,28?;19-,25+,26-;25-,26+;18?,22-/m1000/s1. The molecule has 2 unspecified atom stereocenters. The van der Waals surface area contributed by atoms with Crippen molar-refractivity contribution in [1.29, 1.82) is 0 Å². The number of carboxylic acid groups (broad SMARTS) is 1. The summed E-state index contributed by atoms with van der Waals surface area (Å²) in [6.07, 6.45) is 15.0. The molecule has 141 heavy (non-hydrogen) atoms. The molecule has 3 aliphatic rings. The quantitative estimate of drug-likeness (QED) is 0.0246. The van der Waals surface area contributed by atoms with Crippen LogP contribution < -0.4 is 52.5 Å². The number of pyridine rings is 4. The third-order valence-electron chi connectivity index (χ3n) is 25.3. The molecule has 27 heteroatoms. The molecule has 12 aromatic rings. The third-order valence-corrected chi connectivity index (χ3v) is 25.3. The largest absolute Gasteiger partial charge is 0.481 e. The Kier molecular flexibility index (Phi) is 36.7. The highest BCUT2D eigenvalue weighted by molar-refractivity contribution is 6.04. The molecular formula is C114H130N12O15. The number of amides is 5. The molecule has 2 fully saturated rings. The molecule has 0 radical (unpaired) electrons. The molecule has 15 rings (SSSR count). The van der Waals surface area contributed by atoms with Gasteiger partial charge in [-0.15, -0.1) is 0 Å². The Morgan fingerprint density at radius 1 is 0.468 bits per heavy atom. The van der Waals surface area contributed by atoms with Crippen LogP contribution in [0.1, 0.15) is 232 Å². The van der Waals surface area contributed by atoms with Gasteiger partial charge in [-0.25, -0.2) is 4.98 Å². The summed E-state index contributed by atoms with van der Waals surface area (Å²) in [6.45, 7) is 30.4. The van der Waals surface area contributed by atoms with Crippen LogP contribution in [-0.4, -0.2) is 125 Å². The first-order valence-electron chi connectivity index (χ1n) is 48.4. The Morgan fingerprint density at radius 2 is 0.950 bits per heavy atom. The van der Waals surface area contributed by atoms with E-state index in [2.05, 4.69) is 93.1 Å². The highest BCUT2D eigenvalue weighted by Crippen LogP contribution is 2.41. The van der Waals surface area contributed by atoms with Crippen molar-refractivity contribution in [2.24, 2.45) is 17.8 Å². The van der Waals surface area contributed by atoms with Gasteiger partial charge in [-0.1, -0.05) is 175 Å². The van der Waals surface area contributed by atoms with E-state index < -0.39 is 60.3 Å². The molecular weight excluding hydrogens is 1780 g/mol. The SMILES string of the molecule is CC(=O)C[C@@H](NC(=O)C(CC(C)C)n1ccc(C2CC2)cc1=O)c1cncc(-c2c(C)cccc2C)c1.CC(=O)C[C@@H](NC(=O)[C@H](CC(C)C)n1cnc2ccccc2c1=O)c1cncc(N2CCOC[C@@H]2C)c1.CC(=O)C[C@H](NC(=O)[C@@H](CC(C)C)n1ccccc1=O)c1cccc(-c2ccccc2C)c1.Cc1ccccc1-c1cccc([C@H](CC(=O)O)NC(=O)CN2C(=O)C(C)Oc3ccccc32)c1. The molecule has 1 saturated carbocycles. The Bertz CT molecular complexity index is 6650. The summed E-state index contributed by atoms with van der Waals surface area (Å²) < 4.78 is 15.6. The first-order chi connectivity index (χ1) is 67.5. The molecule has 1 aliphatic carbocycles. The van der Waals surface area contributed by atoms with E-state index in [-0.39, 0.29) is 114 Å². The second-order valence-electron chi connectivity index (χ2n) is 38.4. The van der Waals surface area contributed by atoms with Gasteiger partial charge in [0.05, 0.1) is 78.6 Å². The van der Waals surface area contributed by atoms with E-state index in [0.29, 0.717) is 66.3 Å². The zero-order chi connectivity index (χ0) is 101. The lowest BCUT2D eigenvalue weighted by Gasteiger charge is -2.35. The molecule has 0 bridgehead atoms. The van der Waals surface area contributed by atoms with Crippen molar-refractivity contribution in [3.8, 4) is 39.1 Å². The van der Waals surface area contributed by atoms with Crippen molar-refractivity contribution >= 4 is 75.1 Å². The maximum atomic E-state index is 13.7. The van der Waals surface area contributed by atoms with Crippen molar-refractivity contribution in [3.05, 3.63) is 331 Å². The maximum Gasteiger partial charge on any atom is 0.305 e. The minimum Gasteiger partial charge on any atom is -0.481 e. The Balaban J connectivity index is 0.000000168. The van der Waals surface area contributed by atoms with Gasteiger partial charge >= 0.3 is 5.97 Å². The fourth-order valence-electron chi connectivity index (χ4n) is 18.2. The number of anilines is 2. The van der Waals surface area contributed by atoms with Crippen LogP contribution in [0.2, 0.25) is 0 Å². The number of carbonyl (C=O) groups excluding carboxylic acids is 8. The molecule has 0 spiro atoms. The number of nitrogens with one attached hydrogen (secondary N) is 4. The molecule has 27 nitrogen and oxygen atoms in total. The molecule has 7 heterocycles. The molecule has 7 aromatic carbocycles. The number of hydrogen-bond acceptors (Lipinski definition) is 18. The van der Waals surface area contributed by atoms with Gasteiger partial charge in [0.25, 0.3) is 22.6 Å². The van der Waals surface area contributed by atoms with Gasteiger partial charge in [-0.2, -0.15) is 0 Å². The minimum absolute atomic E-state index is 0.0149.